The minimum atomic E-state index is -0.0502. The summed E-state index contributed by atoms with van der Waals surface area (Å²) in [6.07, 6.45) is 0. The highest BCUT2D eigenvalue weighted by Crippen LogP contribution is 2.22. The molecule has 1 aromatic heterocycles. The van der Waals surface area contributed by atoms with E-state index >= 15 is 0 Å². The topological polar surface area (TPSA) is 61.4 Å². The predicted molar refractivity (Wildman–Crippen MR) is 126 cm³/mol. The average molecular weight is 416 g/mol. The largest absolute Gasteiger partial charge is 0.353 e. The summed E-state index contributed by atoms with van der Waals surface area (Å²) in [5, 5.41) is 3.05. The van der Waals surface area contributed by atoms with E-state index in [0.717, 1.165) is 47.2 Å². The minimum absolute atomic E-state index is 0.0502. The monoisotopic (exact) mass is 415 g/mol. The normalized spacial score (nSPS) is 13.9. The van der Waals surface area contributed by atoms with Gasteiger partial charge in [0.2, 0.25) is 0 Å². The molecule has 1 saturated heterocycles. The third kappa shape index (κ3) is 4.85. The summed E-state index contributed by atoms with van der Waals surface area (Å²) in [4.78, 5) is 26.3. The lowest BCUT2D eigenvalue weighted by atomic mass is 10.1. The van der Waals surface area contributed by atoms with Gasteiger partial charge in [-0.3, -0.25) is 0 Å². The molecule has 0 saturated carbocycles. The molecule has 0 bridgehead atoms. The van der Waals surface area contributed by atoms with Gasteiger partial charge in [-0.2, -0.15) is 0 Å². The first-order valence-electron chi connectivity index (χ1n) is 10.7. The van der Waals surface area contributed by atoms with Gasteiger partial charge >= 0.3 is 6.03 Å². The predicted octanol–water partition coefficient (Wildman–Crippen LogP) is 4.73. The molecule has 1 aliphatic rings. The van der Waals surface area contributed by atoms with E-state index in [1.165, 1.54) is 11.1 Å². The van der Waals surface area contributed by atoms with Crippen LogP contribution in [-0.2, 0) is 0 Å². The van der Waals surface area contributed by atoms with E-state index in [1.807, 2.05) is 36.9 Å². The number of carbonyl (C=O) groups is 1. The second-order valence-corrected chi connectivity index (χ2v) is 8.28. The van der Waals surface area contributed by atoms with Crippen LogP contribution in [0.1, 0.15) is 22.4 Å². The van der Waals surface area contributed by atoms with Gasteiger partial charge in [0, 0.05) is 49.2 Å². The van der Waals surface area contributed by atoms with Crippen molar-refractivity contribution in [2.24, 2.45) is 0 Å². The number of urea groups is 1. The molecule has 0 radical (unpaired) electrons. The summed E-state index contributed by atoms with van der Waals surface area (Å²) in [6, 6.07) is 16.3. The van der Waals surface area contributed by atoms with Crippen molar-refractivity contribution in [2.75, 3.05) is 36.4 Å². The van der Waals surface area contributed by atoms with Crippen molar-refractivity contribution in [3.63, 3.8) is 0 Å². The first kappa shape index (κ1) is 20.8. The summed E-state index contributed by atoms with van der Waals surface area (Å²) in [6.45, 7) is 10.9. The molecule has 6 heteroatoms. The highest BCUT2D eigenvalue weighted by molar-refractivity contribution is 5.90. The maximum Gasteiger partial charge on any atom is 0.321 e. The number of hydrogen-bond donors (Lipinski definition) is 1. The van der Waals surface area contributed by atoms with Crippen LogP contribution in [0.4, 0.5) is 16.3 Å². The van der Waals surface area contributed by atoms with Gasteiger partial charge in [-0.25, -0.2) is 14.8 Å². The number of aromatic nitrogens is 2. The number of amides is 2. The van der Waals surface area contributed by atoms with Crippen LogP contribution in [0.2, 0.25) is 0 Å². The molecule has 2 aromatic carbocycles. The third-order valence-electron chi connectivity index (χ3n) is 5.66. The standard InChI is InChI=1S/C25H29N5O/c1-17-5-8-21(9-6-17)24-26-20(4)16-23(28-24)29-11-13-30(14-12-29)25(31)27-22-10-7-18(2)15-19(22)3/h5-10,15-16H,11-14H2,1-4H3,(H,27,31). The van der Waals surface area contributed by atoms with Gasteiger partial charge < -0.3 is 15.1 Å². The van der Waals surface area contributed by atoms with Crippen LogP contribution in [0.25, 0.3) is 11.4 Å². The van der Waals surface area contributed by atoms with Gasteiger partial charge in [0.15, 0.2) is 5.82 Å². The zero-order valence-electron chi connectivity index (χ0n) is 18.6. The average Bonchev–Trinajstić information content (AvgIpc) is 2.76. The number of hydrogen-bond acceptors (Lipinski definition) is 4. The molecule has 6 nitrogen and oxygen atoms in total. The van der Waals surface area contributed by atoms with E-state index in [1.54, 1.807) is 0 Å². The van der Waals surface area contributed by atoms with E-state index in [9.17, 15) is 4.79 Å². The molecule has 31 heavy (non-hydrogen) atoms. The van der Waals surface area contributed by atoms with Crippen LogP contribution in [0.3, 0.4) is 0 Å². The fraction of sp³-hybridized carbons (Fsp3) is 0.320. The fourth-order valence-corrected chi connectivity index (χ4v) is 3.83. The number of aryl methyl sites for hydroxylation is 4. The van der Waals surface area contributed by atoms with Crippen LogP contribution in [-0.4, -0.2) is 47.1 Å². The summed E-state index contributed by atoms with van der Waals surface area (Å²) >= 11 is 0. The Morgan fingerprint density at radius 3 is 2.19 bits per heavy atom. The number of anilines is 2. The lowest BCUT2D eigenvalue weighted by Gasteiger charge is -2.35. The van der Waals surface area contributed by atoms with Crippen molar-refractivity contribution in [3.8, 4) is 11.4 Å². The second-order valence-electron chi connectivity index (χ2n) is 8.28. The van der Waals surface area contributed by atoms with Crippen LogP contribution < -0.4 is 10.2 Å². The summed E-state index contributed by atoms with van der Waals surface area (Å²) in [5.74, 6) is 1.66. The van der Waals surface area contributed by atoms with Crippen molar-refractivity contribution in [2.45, 2.75) is 27.7 Å². The zero-order chi connectivity index (χ0) is 22.0. The summed E-state index contributed by atoms with van der Waals surface area (Å²) < 4.78 is 0. The molecule has 0 atom stereocenters. The van der Waals surface area contributed by atoms with Gasteiger partial charge in [-0.05, 0) is 39.3 Å². The van der Waals surface area contributed by atoms with Gasteiger partial charge in [0.25, 0.3) is 0 Å². The van der Waals surface area contributed by atoms with Crippen molar-refractivity contribution in [1.29, 1.82) is 0 Å². The number of rotatable bonds is 3. The Bertz CT molecular complexity index is 1090. The smallest absolute Gasteiger partial charge is 0.321 e. The Hall–Kier alpha value is -3.41. The lowest BCUT2D eigenvalue weighted by Crippen LogP contribution is -2.50. The summed E-state index contributed by atoms with van der Waals surface area (Å²) in [7, 11) is 0. The number of piperazine rings is 1. The minimum Gasteiger partial charge on any atom is -0.353 e. The van der Waals surface area contributed by atoms with E-state index in [-0.39, 0.29) is 6.03 Å². The van der Waals surface area contributed by atoms with Crippen LogP contribution in [0.5, 0.6) is 0 Å². The first-order valence-corrected chi connectivity index (χ1v) is 10.7. The molecule has 2 amide bonds. The van der Waals surface area contributed by atoms with Gasteiger partial charge in [0.1, 0.15) is 5.82 Å². The number of nitrogens with one attached hydrogen (secondary N) is 1. The van der Waals surface area contributed by atoms with Gasteiger partial charge in [-0.1, -0.05) is 47.5 Å². The van der Waals surface area contributed by atoms with E-state index in [4.69, 9.17) is 4.98 Å². The molecule has 0 unspecified atom stereocenters. The summed E-state index contributed by atoms with van der Waals surface area (Å²) in [5.41, 5.74) is 6.30. The molecule has 160 valence electrons. The Morgan fingerprint density at radius 2 is 1.52 bits per heavy atom. The Morgan fingerprint density at radius 1 is 0.839 bits per heavy atom. The Balaban J connectivity index is 1.42. The van der Waals surface area contributed by atoms with Crippen LogP contribution in [0.15, 0.2) is 48.5 Å². The van der Waals surface area contributed by atoms with Crippen molar-refractivity contribution in [1.82, 2.24) is 14.9 Å². The van der Waals surface area contributed by atoms with E-state index < -0.39 is 0 Å². The van der Waals surface area contributed by atoms with Gasteiger partial charge in [-0.15, -0.1) is 0 Å². The molecule has 4 rings (SSSR count). The lowest BCUT2D eigenvalue weighted by molar-refractivity contribution is 0.208. The molecule has 1 N–H and O–H groups in total. The van der Waals surface area contributed by atoms with E-state index in [0.29, 0.717) is 13.1 Å². The second kappa shape index (κ2) is 8.76. The third-order valence-corrected chi connectivity index (χ3v) is 5.66. The molecular weight excluding hydrogens is 386 g/mol. The number of carbonyl (C=O) groups excluding carboxylic acids is 1. The number of benzene rings is 2. The Kier molecular flexibility index (Phi) is 5.89. The van der Waals surface area contributed by atoms with Crippen molar-refractivity contribution >= 4 is 17.5 Å². The Labute approximate surface area is 183 Å². The molecule has 1 fully saturated rings. The molecule has 2 heterocycles. The number of nitrogens with zero attached hydrogens (tertiary/aromatic N) is 4. The quantitative estimate of drug-likeness (QED) is 0.672. The van der Waals surface area contributed by atoms with Crippen LogP contribution in [0, 0.1) is 27.7 Å². The highest BCUT2D eigenvalue weighted by atomic mass is 16.2. The maximum atomic E-state index is 12.7. The zero-order valence-corrected chi connectivity index (χ0v) is 18.6. The molecule has 3 aromatic rings. The van der Waals surface area contributed by atoms with Crippen molar-refractivity contribution < 1.29 is 4.79 Å². The van der Waals surface area contributed by atoms with E-state index in [2.05, 4.69) is 59.4 Å². The van der Waals surface area contributed by atoms with Crippen LogP contribution >= 0.6 is 0 Å². The molecular formula is C25H29N5O. The SMILES string of the molecule is Cc1ccc(-c2nc(C)cc(N3CCN(C(=O)Nc4ccc(C)cc4C)CC3)n2)cc1. The molecule has 1 aliphatic heterocycles. The first-order chi connectivity index (χ1) is 14.9. The maximum absolute atomic E-state index is 12.7. The highest BCUT2D eigenvalue weighted by Gasteiger charge is 2.23. The molecule has 0 aliphatic carbocycles. The molecule has 0 spiro atoms. The van der Waals surface area contributed by atoms with Crippen molar-refractivity contribution in [3.05, 3.63) is 70.9 Å². The fourth-order valence-electron chi connectivity index (χ4n) is 3.83. The van der Waals surface area contributed by atoms with Gasteiger partial charge in [0.05, 0.1) is 0 Å².